The first-order valence-corrected chi connectivity index (χ1v) is 12.6. The fourth-order valence-electron chi connectivity index (χ4n) is 4.15. The summed E-state index contributed by atoms with van der Waals surface area (Å²) in [5, 5.41) is 1.39. The van der Waals surface area contributed by atoms with Crippen molar-refractivity contribution >= 4 is 51.5 Å². The highest BCUT2D eigenvalue weighted by molar-refractivity contribution is 8.18. The predicted octanol–water partition coefficient (Wildman–Crippen LogP) is 6.47. The largest absolute Gasteiger partial charge is 0.493 e. The number of hydrogen-bond acceptors (Lipinski definition) is 5. The summed E-state index contributed by atoms with van der Waals surface area (Å²) in [6.45, 7) is 0.910. The van der Waals surface area contributed by atoms with Gasteiger partial charge in [0.1, 0.15) is 6.61 Å². The molecule has 8 heteroatoms. The van der Waals surface area contributed by atoms with Crippen molar-refractivity contribution in [3.8, 4) is 11.5 Å². The van der Waals surface area contributed by atoms with Crippen LogP contribution in [0.4, 0.5) is 4.79 Å². The van der Waals surface area contributed by atoms with E-state index < -0.39 is 0 Å². The number of ether oxygens (including phenoxy) is 2. The van der Waals surface area contributed by atoms with E-state index in [2.05, 4.69) is 4.57 Å². The molecule has 4 aromatic rings. The van der Waals surface area contributed by atoms with E-state index >= 15 is 0 Å². The van der Waals surface area contributed by atoms with Gasteiger partial charge in [0.15, 0.2) is 11.5 Å². The molecule has 6 nitrogen and oxygen atoms in total. The van der Waals surface area contributed by atoms with Gasteiger partial charge in [-0.05, 0) is 47.7 Å². The molecule has 0 bridgehead atoms. The number of halogens is 1. The molecule has 0 aliphatic carbocycles. The number of methoxy groups -OCH3 is 1. The van der Waals surface area contributed by atoms with Gasteiger partial charge in [0, 0.05) is 34.2 Å². The normalized spacial score (nSPS) is 14.7. The van der Waals surface area contributed by atoms with Crippen LogP contribution in [0.2, 0.25) is 5.02 Å². The number of benzene rings is 3. The Hall–Kier alpha value is -3.68. The van der Waals surface area contributed by atoms with Gasteiger partial charge in [-0.25, -0.2) is 0 Å². The minimum atomic E-state index is -0.323. The quantitative estimate of drug-likeness (QED) is 0.250. The lowest BCUT2D eigenvalue weighted by atomic mass is 10.1. The molecular formula is C28H23ClN2O4S. The number of thioether (sulfide) groups is 1. The maximum Gasteiger partial charge on any atom is 0.293 e. The lowest BCUT2D eigenvalue weighted by Crippen LogP contribution is -2.32. The number of nitrogens with zero attached hydrogens (tertiary/aromatic N) is 2. The molecule has 0 spiro atoms. The molecule has 0 atom stereocenters. The summed E-state index contributed by atoms with van der Waals surface area (Å²) in [5.74, 6) is 0.838. The Morgan fingerprint density at radius 1 is 0.944 bits per heavy atom. The second kappa shape index (κ2) is 10.5. The van der Waals surface area contributed by atoms with E-state index in [0.29, 0.717) is 28.0 Å². The highest BCUT2D eigenvalue weighted by Gasteiger charge is 2.35. The van der Waals surface area contributed by atoms with E-state index in [9.17, 15) is 9.59 Å². The van der Waals surface area contributed by atoms with E-state index in [4.69, 9.17) is 21.1 Å². The number of rotatable bonds is 8. The van der Waals surface area contributed by atoms with Crippen LogP contribution in [-0.4, -0.2) is 40.9 Å². The Morgan fingerprint density at radius 3 is 2.47 bits per heavy atom. The zero-order valence-electron chi connectivity index (χ0n) is 19.5. The van der Waals surface area contributed by atoms with Crippen LogP contribution >= 0.6 is 23.4 Å². The van der Waals surface area contributed by atoms with E-state index in [1.165, 1.54) is 4.90 Å². The highest BCUT2D eigenvalue weighted by Crippen LogP contribution is 2.34. The zero-order valence-corrected chi connectivity index (χ0v) is 21.1. The third kappa shape index (κ3) is 4.85. The Morgan fingerprint density at radius 2 is 1.67 bits per heavy atom. The molecule has 2 amide bonds. The number of carbonyl (C=O) groups is 2. The number of imide groups is 1. The van der Waals surface area contributed by atoms with Crippen molar-refractivity contribution in [2.75, 3.05) is 20.3 Å². The van der Waals surface area contributed by atoms with Gasteiger partial charge in [0.2, 0.25) is 0 Å². The van der Waals surface area contributed by atoms with Crippen LogP contribution in [0.3, 0.4) is 0 Å². The van der Waals surface area contributed by atoms with Crippen LogP contribution in [0.5, 0.6) is 11.5 Å². The monoisotopic (exact) mass is 518 g/mol. The van der Waals surface area contributed by atoms with Gasteiger partial charge >= 0.3 is 0 Å². The first-order chi connectivity index (χ1) is 17.5. The van der Waals surface area contributed by atoms with Crippen molar-refractivity contribution in [2.24, 2.45) is 0 Å². The van der Waals surface area contributed by atoms with Gasteiger partial charge < -0.3 is 14.0 Å². The molecule has 1 aliphatic heterocycles. The summed E-state index contributed by atoms with van der Waals surface area (Å²) in [6.07, 6.45) is 3.78. The average Bonchev–Trinajstić information content (AvgIpc) is 3.37. The Balaban J connectivity index is 1.35. The average molecular weight is 519 g/mol. The minimum absolute atomic E-state index is 0.147. The van der Waals surface area contributed by atoms with Gasteiger partial charge in [-0.1, -0.05) is 60.1 Å². The fourth-order valence-corrected chi connectivity index (χ4v) is 5.20. The van der Waals surface area contributed by atoms with Gasteiger partial charge in [0.25, 0.3) is 11.1 Å². The minimum Gasteiger partial charge on any atom is -0.493 e. The Kier molecular flexibility index (Phi) is 7.02. The van der Waals surface area contributed by atoms with Crippen LogP contribution in [0.15, 0.2) is 83.9 Å². The molecule has 182 valence electrons. The second-order valence-electron chi connectivity index (χ2n) is 8.15. The topological polar surface area (TPSA) is 60.8 Å². The SMILES string of the molecule is COc1ccccc1OCCN1C(=O)S/C(=C\c2cn(Cc3ccccc3Cl)c3ccccc23)C1=O. The van der Waals surface area contributed by atoms with Crippen molar-refractivity contribution in [1.29, 1.82) is 0 Å². The lowest BCUT2D eigenvalue weighted by molar-refractivity contribution is -0.123. The number of carbonyl (C=O) groups excluding carboxylic acids is 2. The summed E-state index contributed by atoms with van der Waals surface area (Å²) in [4.78, 5) is 27.3. The molecule has 1 aliphatic rings. The maximum atomic E-state index is 13.1. The fraction of sp³-hybridized carbons (Fsp3) is 0.143. The van der Waals surface area contributed by atoms with Gasteiger partial charge in [-0.2, -0.15) is 0 Å². The smallest absolute Gasteiger partial charge is 0.293 e. The van der Waals surface area contributed by atoms with Crippen LogP contribution in [0.25, 0.3) is 17.0 Å². The summed E-state index contributed by atoms with van der Waals surface area (Å²) < 4.78 is 13.1. The molecule has 3 aromatic carbocycles. The Labute approximate surface area is 218 Å². The van der Waals surface area contributed by atoms with Crippen molar-refractivity contribution in [3.05, 3.63) is 100 Å². The van der Waals surface area contributed by atoms with Crippen molar-refractivity contribution < 1.29 is 19.1 Å². The van der Waals surface area contributed by atoms with Crippen LogP contribution < -0.4 is 9.47 Å². The van der Waals surface area contributed by atoms with Crippen molar-refractivity contribution in [1.82, 2.24) is 9.47 Å². The standard InChI is InChI=1S/C28H23ClN2O4S/c1-34-24-12-6-7-13-25(24)35-15-14-31-27(32)26(36-28(31)33)16-20-18-30(23-11-5-3-9-21(20)23)17-19-8-2-4-10-22(19)29/h2-13,16,18H,14-15,17H2,1H3/b26-16-. The molecule has 36 heavy (non-hydrogen) atoms. The Bertz CT molecular complexity index is 1480. The lowest BCUT2D eigenvalue weighted by Gasteiger charge is -2.14. The van der Waals surface area contributed by atoms with E-state index in [1.54, 1.807) is 25.3 Å². The van der Waals surface area contributed by atoms with Crippen LogP contribution in [-0.2, 0) is 11.3 Å². The van der Waals surface area contributed by atoms with Gasteiger partial charge in [-0.15, -0.1) is 0 Å². The third-order valence-corrected chi connectivity index (χ3v) is 7.20. The molecule has 0 N–H and O–H groups in total. The van der Waals surface area contributed by atoms with Crippen LogP contribution in [0, 0.1) is 0 Å². The highest BCUT2D eigenvalue weighted by atomic mass is 35.5. The number of aromatic nitrogens is 1. The number of hydrogen-bond donors (Lipinski definition) is 0. The summed E-state index contributed by atoms with van der Waals surface area (Å²) in [5.41, 5.74) is 2.89. The van der Waals surface area contributed by atoms with Gasteiger partial charge in [-0.3, -0.25) is 14.5 Å². The zero-order chi connectivity index (χ0) is 25.1. The third-order valence-electron chi connectivity index (χ3n) is 5.92. The predicted molar refractivity (Wildman–Crippen MR) is 144 cm³/mol. The van der Waals surface area contributed by atoms with E-state index in [0.717, 1.165) is 33.8 Å². The van der Waals surface area contributed by atoms with E-state index in [-0.39, 0.29) is 24.3 Å². The van der Waals surface area contributed by atoms with Crippen molar-refractivity contribution in [2.45, 2.75) is 6.54 Å². The van der Waals surface area contributed by atoms with Crippen molar-refractivity contribution in [3.63, 3.8) is 0 Å². The summed E-state index contributed by atoms with van der Waals surface area (Å²) in [7, 11) is 1.56. The first kappa shape index (κ1) is 24.0. The number of fused-ring (bicyclic) bond motifs is 1. The molecule has 0 radical (unpaired) electrons. The molecule has 1 fully saturated rings. The van der Waals surface area contributed by atoms with Gasteiger partial charge in [0.05, 0.1) is 18.6 Å². The summed E-state index contributed by atoms with van der Waals surface area (Å²) >= 11 is 7.33. The molecule has 0 unspecified atom stereocenters. The molecule has 0 saturated carbocycles. The molecule has 5 rings (SSSR count). The second-order valence-corrected chi connectivity index (χ2v) is 9.55. The molecule has 1 aromatic heterocycles. The number of para-hydroxylation sites is 3. The summed E-state index contributed by atoms with van der Waals surface area (Å²) in [6, 6.07) is 23.0. The van der Waals surface area contributed by atoms with E-state index in [1.807, 2.05) is 66.9 Å². The molecule has 1 saturated heterocycles. The molecular weight excluding hydrogens is 496 g/mol. The first-order valence-electron chi connectivity index (χ1n) is 11.4. The number of amides is 2. The van der Waals surface area contributed by atoms with Crippen LogP contribution in [0.1, 0.15) is 11.1 Å². The molecule has 2 heterocycles. The maximum absolute atomic E-state index is 13.1.